The number of hydrazine groups is 1. The molecule has 13 nitrogen and oxygen atoms in total. The molecule has 0 amide bonds. The number of hydrogen-bond acceptors (Lipinski definition) is 11. The molecule has 276 valence electrons. The van der Waals surface area contributed by atoms with Crippen LogP contribution < -0.4 is 17.0 Å². The number of Topliss-reactive ketones (excluding diaryl/α,β-unsaturated/α-hetero) is 2. The molecule has 3 aliphatic carbocycles. The van der Waals surface area contributed by atoms with E-state index in [0.29, 0.717) is 10.8 Å². The van der Waals surface area contributed by atoms with E-state index in [1.54, 1.807) is 6.82 Å². The molecule has 0 bridgehead atoms. The van der Waals surface area contributed by atoms with Gasteiger partial charge in [0.05, 0.1) is 17.3 Å². The van der Waals surface area contributed by atoms with Crippen LogP contribution in [0.3, 0.4) is 0 Å². The molecule has 0 radical (unpaired) electrons. The Morgan fingerprint density at radius 3 is 1.56 bits per heavy atom. The Kier molecular flexibility index (Phi) is 12.5. The third-order valence-electron chi connectivity index (χ3n) is 13.2. The maximum absolute atomic E-state index is 12.3. The highest BCUT2D eigenvalue weighted by atomic mass is 16.2. The smallest absolute Gasteiger partial charge is 0.376 e. The molecule has 3 aliphatic heterocycles. The van der Waals surface area contributed by atoms with Gasteiger partial charge in [-0.2, -0.15) is 10.2 Å². The van der Waals surface area contributed by atoms with Gasteiger partial charge in [0.2, 0.25) is 0 Å². The van der Waals surface area contributed by atoms with Crippen molar-refractivity contribution in [3.05, 3.63) is 33.9 Å². The van der Waals surface area contributed by atoms with Crippen LogP contribution in [0, 0.1) is 25.2 Å². The third-order valence-corrected chi connectivity index (χ3v) is 13.2. The van der Waals surface area contributed by atoms with Crippen molar-refractivity contribution in [2.24, 2.45) is 23.0 Å². The average Bonchev–Trinajstić information content (AvgIpc) is 3.92. The van der Waals surface area contributed by atoms with Crippen molar-refractivity contribution in [2.75, 3.05) is 39.3 Å². The van der Waals surface area contributed by atoms with Gasteiger partial charge in [0.25, 0.3) is 0 Å². The molecule has 4 fully saturated rings. The highest BCUT2D eigenvalue weighted by Crippen LogP contribution is 2.48. The number of carbonyl (C=O) groups is 2. The fraction of sp³-hybridized carbons (Fsp3) is 0.771. The van der Waals surface area contributed by atoms with Gasteiger partial charge in [0.1, 0.15) is 11.6 Å². The number of rotatable bonds is 3. The number of hydrogen-bond donors (Lipinski definition) is 7. The zero-order chi connectivity index (χ0) is 36.3. The maximum atomic E-state index is 12.3. The van der Waals surface area contributed by atoms with Crippen LogP contribution in [-0.2, 0) is 33.3 Å². The van der Waals surface area contributed by atoms with Gasteiger partial charge in [-0.05, 0) is 162 Å². The molecule has 5 heterocycles. The fourth-order valence-electron chi connectivity index (χ4n) is 9.82. The van der Waals surface area contributed by atoms with Crippen molar-refractivity contribution in [2.45, 2.75) is 122 Å². The summed E-state index contributed by atoms with van der Waals surface area (Å²) in [6.45, 7) is 15.2. The van der Waals surface area contributed by atoms with E-state index in [9.17, 15) is 19.6 Å². The first-order valence-electron chi connectivity index (χ1n) is 18.9. The van der Waals surface area contributed by atoms with Crippen molar-refractivity contribution in [1.29, 1.82) is 0 Å². The quantitative estimate of drug-likeness (QED) is 0.107. The van der Waals surface area contributed by atoms with Crippen LogP contribution in [0.15, 0.2) is 0 Å². The number of aromatic nitrogens is 4. The minimum Gasteiger partial charge on any atom is -0.437 e. The number of nitrogens with two attached hydrogens (primary N) is 2. The second-order valence-corrected chi connectivity index (χ2v) is 15.8. The van der Waals surface area contributed by atoms with E-state index in [1.165, 1.54) is 79.4 Å². The van der Waals surface area contributed by atoms with Gasteiger partial charge in [0, 0.05) is 27.6 Å². The second-order valence-electron chi connectivity index (χ2n) is 15.8. The molecule has 1 saturated carbocycles. The van der Waals surface area contributed by atoms with E-state index in [2.05, 4.69) is 56.1 Å². The SMILES string of the molecule is CB(O)N1CCC2(CCC(C(C)=O)C2=O)CC1.CB(O)N1CCC2(CCc3c2n[nH]c3C)CC1.Cc1[nH]nc2c1CCC21CCNCC1.NN. The second kappa shape index (κ2) is 16.1. The predicted octanol–water partition coefficient (Wildman–Crippen LogP) is 1.96. The Balaban J connectivity index is 0.000000143. The lowest BCUT2D eigenvalue weighted by atomic mass is 9.71. The monoisotopic (exact) mass is 694 g/mol. The molecule has 8 rings (SSSR count). The number of aromatic amines is 2. The molecule has 6 aliphatic rings. The average molecular weight is 694 g/mol. The summed E-state index contributed by atoms with van der Waals surface area (Å²) in [4.78, 5) is 27.8. The van der Waals surface area contributed by atoms with E-state index < -0.39 is 7.05 Å². The van der Waals surface area contributed by atoms with Gasteiger partial charge in [-0.15, -0.1) is 0 Å². The zero-order valence-corrected chi connectivity index (χ0v) is 31.1. The Bertz CT molecular complexity index is 1460. The molecule has 2 aromatic heterocycles. The van der Waals surface area contributed by atoms with E-state index in [1.807, 2.05) is 11.6 Å². The molecule has 1 unspecified atom stereocenters. The zero-order valence-electron chi connectivity index (χ0n) is 31.1. The van der Waals surface area contributed by atoms with Crippen LogP contribution in [0.4, 0.5) is 0 Å². The Morgan fingerprint density at radius 2 is 1.16 bits per heavy atom. The predicted molar refractivity (Wildman–Crippen MR) is 197 cm³/mol. The Labute approximate surface area is 298 Å². The standard InChI is InChI=1S/C12H20BN3O.C12H20BNO3.C11H17N3.H4N2/c1-9-10-3-4-12(11(10)15-14-9)5-7-16(8-6-12)13(2)17;1-9(15)10-3-4-12(11(10)16)5-7-14(8-6-12)13(2)17;1-8-9-2-3-11(10(9)14-13-8)4-6-12-7-5-11;1-2/h17H,3-8H2,1-2H3,(H,14,15);10,17H,3-8H2,1-2H3;12H,2-7H2,1H3,(H,13,14);1-2H2. The van der Waals surface area contributed by atoms with E-state index in [0.717, 1.165) is 77.8 Å². The lowest BCUT2D eigenvalue weighted by Crippen LogP contribution is -2.48. The van der Waals surface area contributed by atoms with Crippen LogP contribution in [0.2, 0.25) is 13.6 Å². The normalized spacial score (nSPS) is 24.4. The van der Waals surface area contributed by atoms with E-state index in [-0.39, 0.29) is 29.9 Å². The first-order chi connectivity index (χ1) is 23.9. The number of H-pyrrole nitrogens is 2. The number of nitrogens with one attached hydrogen (secondary N) is 3. The van der Waals surface area contributed by atoms with Gasteiger partial charge < -0.3 is 25.0 Å². The molecule has 2 aromatic rings. The molecule has 9 N–H and O–H groups in total. The molecule has 15 heteroatoms. The number of aryl methyl sites for hydroxylation is 2. The van der Waals surface area contributed by atoms with Gasteiger partial charge in [0.15, 0.2) is 0 Å². The van der Waals surface area contributed by atoms with Gasteiger partial charge in [-0.1, -0.05) is 0 Å². The summed E-state index contributed by atoms with van der Waals surface area (Å²) in [5.41, 5.74) is 8.66. The molecule has 3 spiro atoms. The summed E-state index contributed by atoms with van der Waals surface area (Å²) in [6.07, 6.45) is 12.9. The molecule has 3 saturated heterocycles. The molecule has 50 heavy (non-hydrogen) atoms. The van der Waals surface area contributed by atoms with Crippen LogP contribution in [0.1, 0.15) is 105 Å². The highest BCUT2D eigenvalue weighted by Gasteiger charge is 2.50. The third kappa shape index (κ3) is 7.55. The van der Waals surface area contributed by atoms with Gasteiger partial charge in [-0.3, -0.25) is 31.5 Å². The molecular formula is C35H61B2N9O4. The number of piperidine rings is 3. The van der Waals surface area contributed by atoms with Crippen molar-refractivity contribution < 1.29 is 19.6 Å². The first kappa shape index (κ1) is 38.8. The molecule has 0 aromatic carbocycles. The van der Waals surface area contributed by atoms with Crippen molar-refractivity contribution in [3.63, 3.8) is 0 Å². The van der Waals surface area contributed by atoms with E-state index >= 15 is 0 Å². The summed E-state index contributed by atoms with van der Waals surface area (Å²) in [5.74, 6) is 7.83. The van der Waals surface area contributed by atoms with E-state index in [4.69, 9.17) is 0 Å². The highest BCUT2D eigenvalue weighted by molar-refractivity contribution is 6.45. The summed E-state index contributed by atoms with van der Waals surface area (Å²) in [7, 11) is -0.749. The summed E-state index contributed by atoms with van der Waals surface area (Å²) >= 11 is 0. The van der Waals surface area contributed by atoms with Crippen molar-refractivity contribution >= 4 is 25.7 Å². The lowest BCUT2D eigenvalue weighted by molar-refractivity contribution is -0.135. The summed E-state index contributed by atoms with van der Waals surface area (Å²) < 4.78 is 0. The minimum absolute atomic E-state index is 0.0184. The number of nitrogens with zero attached hydrogens (tertiary/aromatic N) is 4. The lowest BCUT2D eigenvalue weighted by Gasteiger charge is -2.39. The van der Waals surface area contributed by atoms with Crippen LogP contribution in [-0.4, -0.2) is 105 Å². The van der Waals surface area contributed by atoms with Crippen molar-refractivity contribution in [1.82, 2.24) is 35.3 Å². The number of fused-ring (bicyclic) bond motifs is 4. The topological polar surface area (TPSA) is 203 Å². The van der Waals surface area contributed by atoms with Crippen LogP contribution >= 0.6 is 0 Å². The fourth-order valence-corrected chi connectivity index (χ4v) is 9.82. The Hall–Kier alpha value is -2.39. The Morgan fingerprint density at radius 1 is 0.740 bits per heavy atom. The maximum Gasteiger partial charge on any atom is 0.376 e. The van der Waals surface area contributed by atoms with Crippen LogP contribution in [0.5, 0.6) is 0 Å². The largest absolute Gasteiger partial charge is 0.437 e. The van der Waals surface area contributed by atoms with Gasteiger partial charge in [-0.25, -0.2) is 0 Å². The van der Waals surface area contributed by atoms with Gasteiger partial charge >= 0.3 is 14.1 Å². The van der Waals surface area contributed by atoms with Crippen LogP contribution in [0.25, 0.3) is 0 Å². The number of carbonyl (C=O) groups excluding carboxylic acids is 2. The molecule has 1 atom stereocenters. The van der Waals surface area contributed by atoms with Crippen molar-refractivity contribution in [3.8, 4) is 0 Å². The summed E-state index contributed by atoms with van der Waals surface area (Å²) in [6, 6.07) is 0. The first-order valence-corrected chi connectivity index (χ1v) is 18.9. The summed E-state index contributed by atoms with van der Waals surface area (Å²) in [5, 5.41) is 37.9. The number of ketones is 2. The molecular weight excluding hydrogens is 632 g/mol. The minimum atomic E-state index is -0.438.